The number of halogens is 1. The molecule has 2 fully saturated rings. The summed E-state index contributed by atoms with van der Waals surface area (Å²) >= 11 is 7.80. The number of aliphatic hydroxyl groups excluding tert-OH is 1. The SMILES string of the molecule is O=[N+]([O-])c1cc(S(=O)(=O)Nc2ncnc3cc(N4CCN(Cc5ccccc5-c5ccc(Cl)cc5)CC4)ccc23)ccc1N[C@H](CCN1CCC(O)CC1)CSc1ccccc1. The Morgan fingerprint density at radius 2 is 1.60 bits per heavy atom. The van der Waals surface area contributed by atoms with Crippen LogP contribution >= 0.6 is 23.4 Å². The molecule has 8 rings (SSSR count). The van der Waals surface area contributed by atoms with E-state index < -0.39 is 14.9 Å². The van der Waals surface area contributed by atoms with Crippen molar-refractivity contribution in [2.24, 2.45) is 0 Å². The zero-order chi connectivity index (χ0) is 43.1. The zero-order valence-electron chi connectivity index (χ0n) is 34.1. The Balaban J connectivity index is 0.932. The molecule has 0 bridgehead atoms. The fraction of sp³-hybridized carbons (Fsp3) is 0.304. The van der Waals surface area contributed by atoms with Crippen molar-refractivity contribution >= 4 is 67.2 Å². The zero-order valence-corrected chi connectivity index (χ0v) is 36.5. The van der Waals surface area contributed by atoms with E-state index in [1.54, 1.807) is 11.8 Å². The maximum absolute atomic E-state index is 13.8. The number of benzene rings is 5. The van der Waals surface area contributed by atoms with Gasteiger partial charge in [0.05, 0.1) is 21.4 Å². The molecule has 1 atom stereocenters. The lowest BCUT2D eigenvalue weighted by Crippen LogP contribution is -2.46. The number of hydrogen-bond acceptors (Lipinski definition) is 12. The number of anilines is 3. The van der Waals surface area contributed by atoms with Gasteiger partial charge < -0.3 is 20.2 Å². The molecule has 2 aliphatic heterocycles. The van der Waals surface area contributed by atoms with E-state index >= 15 is 0 Å². The lowest BCUT2D eigenvalue weighted by Gasteiger charge is -2.36. The average Bonchev–Trinajstić information content (AvgIpc) is 3.29. The maximum Gasteiger partial charge on any atom is 0.293 e. The first-order valence-electron chi connectivity index (χ1n) is 20.8. The maximum atomic E-state index is 13.8. The predicted molar refractivity (Wildman–Crippen MR) is 249 cm³/mol. The van der Waals surface area contributed by atoms with Crippen molar-refractivity contribution in [3.63, 3.8) is 0 Å². The van der Waals surface area contributed by atoms with Crippen LogP contribution in [0.3, 0.4) is 0 Å². The highest BCUT2D eigenvalue weighted by Crippen LogP contribution is 2.33. The highest BCUT2D eigenvalue weighted by atomic mass is 35.5. The predicted octanol–water partition coefficient (Wildman–Crippen LogP) is 8.40. The van der Waals surface area contributed by atoms with Gasteiger partial charge in [0.1, 0.15) is 12.0 Å². The van der Waals surface area contributed by atoms with Crippen molar-refractivity contribution in [1.82, 2.24) is 19.8 Å². The molecule has 3 heterocycles. The van der Waals surface area contributed by atoms with Gasteiger partial charge >= 0.3 is 0 Å². The van der Waals surface area contributed by atoms with Crippen LogP contribution in [0.15, 0.2) is 131 Å². The Bertz CT molecular complexity index is 2590. The Hall–Kier alpha value is -5.29. The topological polar surface area (TPSA) is 157 Å². The molecule has 2 aliphatic rings. The van der Waals surface area contributed by atoms with E-state index in [0.29, 0.717) is 28.1 Å². The summed E-state index contributed by atoms with van der Waals surface area (Å²) < 4.78 is 30.3. The summed E-state index contributed by atoms with van der Waals surface area (Å²) in [6.45, 7) is 6.50. The third kappa shape index (κ3) is 10.8. The number of aromatic nitrogens is 2. The Kier molecular flexibility index (Phi) is 13.9. The second-order valence-corrected chi connectivity index (χ2v) is 18.9. The first-order chi connectivity index (χ1) is 30.1. The minimum atomic E-state index is -4.29. The number of thioether (sulfide) groups is 1. The van der Waals surface area contributed by atoms with Crippen LogP contribution in [0.5, 0.6) is 0 Å². The summed E-state index contributed by atoms with van der Waals surface area (Å²) in [5, 5.41) is 27.0. The second kappa shape index (κ2) is 19.8. The van der Waals surface area contributed by atoms with E-state index in [-0.39, 0.29) is 34.2 Å². The smallest absolute Gasteiger partial charge is 0.293 e. The number of nitro groups is 1. The number of fused-ring (bicyclic) bond motifs is 1. The van der Waals surface area contributed by atoms with Crippen molar-refractivity contribution < 1.29 is 18.4 Å². The number of nitrogens with one attached hydrogen (secondary N) is 2. The first-order valence-corrected chi connectivity index (χ1v) is 23.6. The summed E-state index contributed by atoms with van der Waals surface area (Å²) in [7, 11) is -4.29. The molecule has 0 amide bonds. The fourth-order valence-electron chi connectivity index (χ4n) is 8.05. The number of hydrogen-bond donors (Lipinski definition) is 3. The molecule has 62 heavy (non-hydrogen) atoms. The van der Waals surface area contributed by atoms with Crippen LogP contribution in [-0.4, -0.2) is 102 Å². The molecule has 5 aromatic carbocycles. The van der Waals surface area contributed by atoms with Crippen molar-refractivity contribution in [2.75, 3.05) is 66.5 Å². The van der Waals surface area contributed by atoms with Crippen molar-refractivity contribution in [2.45, 2.75) is 47.7 Å². The van der Waals surface area contributed by atoms with Crippen LogP contribution in [-0.2, 0) is 16.6 Å². The number of likely N-dealkylation sites (tertiary alicyclic amines) is 1. The van der Waals surface area contributed by atoms with Crippen LogP contribution in [0.25, 0.3) is 22.0 Å². The van der Waals surface area contributed by atoms with Gasteiger partial charge in [-0.15, -0.1) is 11.8 Å². The molecule has 1 aromatic heterocycles. The van der Waals surface area contributed by atoms with Gasteiger partial charge in [-0.05, 0) is 90.6 Å². The Morgan fingerprint density at radius 3 is 2.35 bits per heavy atom. The minimum absolute atomic E-state index is 0.0822. The van der Waals surface area contributed by atoms with Gasteiger partial charge in [-0.25, -0.2) is 18.4 Å². The monoisotopic (exact) mass is 892 g/mol. The lowest BCUT2D eigenvalue weighted by atomic mass is 9.99. The molecule has 2 saturated heterocycles. The summed E-state index contributed by atoms with van der Waals surface area (Å²) in [5.74, 6) is 0.720. The van der Waals surface area contributed by atoms with Gasteiger partial charge in [0, 0.05) is 91.2 Å². The number of nitro benzene ring substituents is 1. The number of sulfonamides is 1. The van der Waals surface area contributed by atoms with Crippen molar-refractivity contribution in [1.29, 1.82) is 0 Å². The number of piperidine rings is 1. The normalized spacial score (nSPS) is 16.0. The number of rotatable bonds is 16. The Morgan fingerprint density at radius 1 is 0.855 bits per heavy atom. The average molecular weight is 894 g/mol. The highest BCUT2D eigenvalue weighted by molar-refractivity contribution is 7.99. The molecule has 6 aromatic rings. The quantitative estimate of drug-likeness (QED) is 0.0485. The molecule has 0 aliphatic carbocycles. The van der Waals surface area contributed by atoms with E-state index in [0.717, 1.165) is 87.4 Å². The molecule has 13 nitrogen and oxygen atoms in total. The third-order valence-electron chi connectivity index (χ3n) is 11.5. The molecule has 0 saturated carbocycles. The van der Waals surface area contributed by atoms with Gasteiger partial charge in [0.15, 0.2) is 5.82 Å². The molecule has 0 radical (unpaired) electrons. The van der Waals surface area contributed by atoms with E-state index in [4.69, 9.17) is 11.6 Å². The van der Waals surface area contributed by atoms with Gasteiger partial charge in [-0.3, -0.25) is 19.7 Å². The highest BCUT2D eigenvalue weighted by Gasteiger charge is 2.26. The van der Waals surface area contributed by atoms with Crippen LogP contribution in [0.1, 0.15) is 24.8 Å². The summed E-state index contributed by atoms with van der Waals surface area (Å²) in [4.78, 5) is 28.5. The van der Waals surface area contributed by atoms with Crippen molar-refractivity contribution in [3.05, 3.63) is 142 Å². The molecule has 322 valence electrons. The van der Waals surface area contributed by atoms with Crippen molar-refractivity contribution in [3.8, 4) is 11.1 Å². The summed E-state index contributed by atoms with van der Waals surface area (Å²) in [6.07, 6.45) is 3.19. The summed E-state index contributed by atoms with van der Waals surface area (Å²) in [5.41, 5.74) is 5.03. The van der Waals surface area contributed by atoms with Crippen LogP contribution in [0.2, 0.25) is 5.02 Å². The first kappa shape index (κ1) is 43.4. The van der Waals surface area contributed by atoms with E-state index in [2.05, 4.69) is 71.1 Å². The lowest BCUT2D eigenvalue weighted by molar-refractivity contribution is -0.384. The van der Waals surface area contributed by atoms with Gasteiger partial charge in [-0.2, -0.15) is 0 Å². The van der Waals surface area contributed by atoms with E-state index in [1.165, 1.54) is 29.6 Å². The van der Waals surface area contributed by atoms with Gasteiger partial charge in [0.25, 0.3) is 15.7 Å². The molecular weight excluding hydrogens is 844 g/mol. The van der Waals surface area contributed by atoms with Gasteiger partial charge in [0.2, 0.25) is 0 Å². The summed E-state index contributed by atoms with van der Waals surface area (Å²) in [6, 6.07) is 35.8. The molecule has 0 unspecified atom stereocenters. The van der Waals surface area contributed by atoms with Crippen LogP contribution < -0.4 is 14.9 Å². The Labute approximate surface area is 371 Å². The number of aliphatic hydroxyl groups is 1. The largest absolute Gasteiger partial charge is 0.393 e. The van der Waals surface area contributed by atoms with Gasteiger partial charge in [-0.1, -0.05) is 66.2 Å². The molecule has 3 N–H and O–H groups in total. The van der Waals surface area contributed by atoms with E-state index in [9.17, 15) is 23.6 Å². The number of piperazine rings is 1. The van der Waals surface area contributed by atoms with E-state index in [1.807, 2.05) is 60.7 Å². The third-order valence-corrected chi connectivity index (χ3v) is 14.3. The molecule has 0 spiro atoms. The molecular formula is C46H49ClN8O5S2. The minimum Gasteiger partial charge on any atom is -0.393 e. The van der Waals surface area contributed by atoms with Crippen LogP contribution in [0.4, 0.5) is 22.9 Å². The number of nitrogens with zero attached hydrogens (tertiary/aromatic N) is 6. The molecule has 16 heteroatoms. The second-order valence-electron chi connectivity index (χ2n) is 15.7. The fourth-order valence-corrected chi connectivity index (χ4v) is 10.2. The standard InChI is InChI=1S/C46H49ClN8O5S2/c47-35-12-10-33(11-13-35)41-9-5-4-6-34(41)30-53-24-26-54(27-25-53)37-14-16-42-44(28-37)48-32-49-46(42)51-62(59,60)40-15-17-43(45(29-40)55(57)58)50-36(31-61-39-7-2-1-3-8-39)18-21-52-22-19-38(56)20-23-52/h1-17,28-29,32,36,38,50,56H,18-27,30-31H2,(H,48,49,51)/t36-/m1/s1. The van der Waals surface area contributed by atoms with Crippen LogP contribution in [0, 0.1) is 10.1 Å².